The van der Waals surface area contributed by atoms with E-state index in [1.807, 2.05) is 0 Å². The van der Waals surface area contributed by atoms with E-state index < -0.39 is 0 Å². The van der Waals surface area contributed by atoms with Gasteiger partial charge >= 0.3 is 109 Å². The van der Waals surface area contributed by atoms with Gasteiger partial charge in [-0.1, -0.05) is 0 Å². The Kier molecular flexibility index (Phi) is 4.05. The Balaban J connectivity index is 2.54. The van der Waals surface area contributed by atoms with E-state index in [-0.39, 0.29) is 0 Å². The summed E-state index contributed by atoms with van der Waals surface area (Å²) in [5.41, 5.74) is 3.30. The van der Waals surface area contributed by atoms with Gasteiger partial charge in [-0.05, 0) is 0 Å². The van der Waals surface area contributed by atoms with Crippen molar-refractivity contribution >= 4 is 46.5 Å². The SMILES string of the molecule is CC(C)c1ccc(C(C)C)c2c1[Se][Se][Se]2. The molecule has 1 heterocycles. The second kappa shape index (κ2) is 4.96. The van der Waals surface area contributed by atoms with Crippen LogP contribution in [0.15, 0.2) is 12.1 Å². The third kappa shape index (κ3) is 2.39. The molecule has 15 heavy (non-hydrogen) atoms. The van der Waals surface area contributed by atoms with Gasteiger partial charge in [0, 0.05) is 0 Å². The van der Waals surface area contributed by atoms with Crippen LogP contribution in [0.25, 0.3) is 0 Å². The summed E-state index contributed by atoms with van der Waals surface area (Å²) in [5.74, 6) is 1.43. The Labute approximate surface area is 109 Å². The molecule has 1 aromatic carbocycles. The van der Waals surface area contributed by atoms with Gasteiger partial charge in [0.05, 0.1) is 0 Å². The molecule has 0 amide bonds. The van der Waals surface area contributed by atoms with Gasteiger partial charge in [0.15, 0.2) is 0 Å². The van der Waals surface area contributed by atoms with E-state index in [0.717, 1.165) is 37.6 Å². The molecule has 1 aromatic rings. The molecule has 1 aliphatic heterocycles. The molecule has 0 radical (unpaired) electrons. The minimum absolute atomic E-state index is 0.714. The monoisotopic (exact) mass is 400 g/mol. The summed E-state index contributed by atoms with van der Waals surface area (Å²) < 4.78 is 3.59. The zero-order valence-electron chi connectivity index (χ0n) is 9.53. The maximum atomic E-state index is 2.40. The summed E-state index contributed by atoms with van der Waals surface area (Å²) in [6.45, 7) is 9.33. The van der Waals surface area contributed by atoms with Crippen LogP contribution in [0.4, 0.5) is 0 Å². The van der Waals surface area contributed by atoms with Crippen LogP contribution in [-0.4, -0.2) is 37.6 Å². The second-order valence-electron chi connectivity index (χ2n) is 4.45. The van der Waals surface area contributed by atoms with Gasteiger partial charge in [-0.15, -0.1) is 0 Å². The number of fused-ring (bicyclic) bond motifs is 1. The van der Waals surface area contributed by atoms with Gasteiger partial charge in [-0.25, -0.2) is 0 Å². The Morgan fingerprint density at radius 1 is 0.800 bits per heavy atom. The molecule has 2 rings (SSSR count). The summed E-state index contributed by atoms with van der Waals surface area (Å²) in [7, 11) is 0. The maximum absolute atomic E-state index is 2.40. The van der Waals surface area contributed by atoms with Gasteiger partial charge in [0.25, 0.3) is 0 Å². The molecular formula is C12H16Se3. The first-order valence-electron chi connectivity index (χ1n) is 5.29. The van der Waals surface area contributed by atoms with E-state index in [0.29, 0.717) is 11.8 Å². The zero-order chi connectivity index (χ0) is 11.0. The molecule has 82 valence electrons. The molecule has 0 saturated heterocycles. The molecular weight excluding hydrogens is 381 g/mol. The van der Waals surface area contributed by atoms with Crippen molar-refractivity contribution in [1.29, 1.82) is 0 Å². The predicted octanol–water partition coefficient (Wildman–Crippen LogP) is 1.14. The molecule has 0 N–H and O–H groups in total. The molecule has 0 aliphatic carbocycles. The van der Waals surface area contributed by atoms with E-state index in [1.165, 1.54) is 0 Å². The van der Waals surface area contributed by atoms with Crippen LogP contribution < -0.4 is 8.92 Å². The van der Waals surface area contributed by atoms with Crippen molar-refractivity contribution in [3.05, 3.63) is 23.3 Å². The van der Waals surface area contributed by atoms with Gasteiger partial charge < -0.3 is 0 Å². The van der Waals surface area contributed by atoms with Crippen LogP contribution >= 0.6 is 0 Å². The quantitative estimate of drug-likeness (QED) is 0.657. The average molecular weight is 397 g/mol. The predicted molar refractivity (Wildman–Crippen MR) is 71.2 cm³/mol. The average Bonchev–Trinajstić information content (AvgIpc) is 2.63. The van der Waals surface area contributed by atoms with Crippen molar-refractivity contribution in [2.24, 2.45) is 0 Å². The third-order valence-electron chi connectivity index (χ3n) is 2.65. The Morgan fingerprint density at radius 2 is 1.20 bits per heavy atom. The summed E-state index contributed by atoms with van der Waals surface area (Å²) in [6.07, 6.45) is 0. The van der Waals surface area contributed by atoms with Crippen LogP contribution in [-0.2, 0) is 0 Å². The molecule has 0 atom stereocenters. The minimum atomic E-state index is 0.714. The molecule has 1 aliphatic rings. The molecule has 0 unspecified atom stereocenters. The van der Waals surface area contributed by atoms with Gasteiger partial charge in [-0.3, -0.25) is 0 Å². The van der Waals surface area contributed by atoms with E-state index in [1.54, 1.807) is 20.1 Å². The van der Waals surface area contributed by atoms with Crippen LogP contribution in [0, 0.1) is 0 Å². The van der Waals surface area contributed by atoms with E-state index in [4.69, 9.17) is 0 Å². The fraction of sp³-hybridized carbons (Fsp3) is 0.500. The summed E-state index contributed by atoms with van der Waals surface area (Å²) in [5, 5.41) is 0. The van der Waals surface area contributed by atoms with E-state index >= 15 is 0 Å². The molecule has 3 heteroatoms. The third-order valence-corrected chi connectivity index (χ3v) is 19.0. The van der Waals surface area contributed by atoms with Crippen molar-refractivity contribution in [2.75, 3.05) is 0 Å². The van der Waals surface area contributed by atoms with Crippen LogP contribution in [0.3, 0.4) is 0 Å². The molecule has 0 spiro atoms. The van der Waals surface area contributed by atoms with Crippen molar-refractivity contribution in [1.82, 2.24) is 0 Å². The summed E-state index contributed by atoms with van der Waals surface area (Å²) in [4.78, 5) is 0. The van der Waals surface area contributed by atoms with Gasteiger partial charge in [0.1, 0.15) is 0 Å². The van der Waals surface area contributed by atoms with Crippen LogP contribution in [0.5, 0.6) is 0 Å². The first-order valence-corrected chi connectivity index (χ1v) is 15.7. The van der Waals surface area contributed by atoms with Crippen molar-refractivity contribution in [3.63, 3.8) is 0 Å². The van der Waals surface area contributed by atoms with Gasteiger partial charge in [0.2, 0.25) is 0 Å². The van der Waals surface area contributed by atoms with Gasteiger partial charge in [-0.2, -0.15) is 0 Å². The normalized spacial score (nSPS) is 15.1. The summed E-state index contributed by atoms with van der Waals surface area (Å²) in [6, 6.07) is 4.80. The van der Waals surface area contributed by atoms with E-state index in [2.05, 4.69) is 39.8 Å². The molecule has 0 saturated carbocycles. The molecule has 0 fully saturated rings. The fourth-order valence-corrected chi connectivity index (χ4v) is 23.7. The molecule has 0 nitrogen and oxygen atoms in total. The first-order chi connectivity index (χ1) is 7.11. The number of hydrogen-bond acceptors (Lipinski definition) is 0. The van der Waals surface area contributed by atoms with Crippen molar-refractivity contribution < 1.29 is 0 Å². The second-order valence-corrected chi connectivity index (χ2v) is 20.0. The standard InChI is InChI=1S/C12H16Se3/c1-7(2)9-5-6-10(8(3)4)12-11(9)13-15-14-12/h5-8H,1-4H3. The Bertz CT molecular complexity index is 334. The summed E-state index contributed by atoms with van der Waals surface area (Å²) >= 11 is 2.64. The van der Waals surface area contributed by atoms with Crippen LogP contribution in [0.1, 0.15) is 50.7 Å². The molecule has 0 bridgehead atoms. The van der Waals surface area contributed by atoms with E-state index in [9.17, 15) is 0 Å². The van der Waals surface area contributed by atoms with Crippen molar-refractivity contribution in [3.8, 4) is 0 Å². The zero-order valence-corrected chi connectivity index (χ0v) is 14.7. The Morgan fingerprint density at radius 3 is 1.53 bits per heavy atom. The first kappa shape index (κ1) is 12.2. The number of rotatable bonds is 2. The molecule has 0 aromatic heterocycles. The topological polar surface area (TPSA) is 0 Å². The fourth-order valence-electron chi connectivity index (χ4n) is 1.76. The number of benzene rings is 1. The van der Waals surface area contributed by atoms with Crippen LogP contribution in [0.2, 0.25) is 0 Å². The van der Waals surface area contributed by atoms with Crippen molar-refractivity contribution in [2.45, 2.75) is 39.5 Å². The Hall–Kier alpha value is 0.778. The number of hydrogen-bond donors (Lipinski definition) is 0.